The zero-order valence-electron chi connectivity index (χ0n) is 8.08. The Balaban J connectivity index is 3.22. The number of hydrogen-bond acceptors (Lipinski definition) is 3. The van der Waals surface area contributed by atoms with Gasteiger partial charge in [-0.1, -0.05) is 11.6 Å². The van der Waals surface area contributed by atoms with E-state index >= 15 is 0 Å². The number of aliphatic carboxylic acids is 1. The van der Waals surface area contributed by atoms with Crippen molar-refractivity contribution in [3.05, 3.63) is 28.0 Å². The predicted octanol–water partition coefficient (Wildman–Crippen LogP) is 1.76. The molecule has 0 amide bonds. The minimum absolute atomic E-state index is 0.0210. The highest BCUT2D eigenvalue weighted by Crippen LogP contribution is 2.28. The largest absolute Gasteiger partial charge is 0.481 e. The van der Waals surface area contributed by atoms with Gasteiger partial charge in [-0.25, -0.2) is 13.8 Å². The fourth-order valence-corrected chi connectivity index (χ4v) is 1.46. The second kappa shape index (κ2) is 5.18. The van der Waals surface area contributed by atoms with Crippen molar-refractivity contribution < 1.29 is 18.7 Å². The first-order valence-corrected chi connectivity index (χ1v) is 4.71. The van der Waals surface area contributed by atoms with Crippen LogP contribution >= 0.6 is 11.6 Å². The maximum Gasteiger partial charge on any atom is 0.309 e. The van der Waals surface area contributed by atoms with Gasteiger partial charge >= 0.3 is 5.97 Å². The monoisotopic (exact) mass is 250 g/mol. The minimum Gasteiger partial charge on any atom is -0.481 e. The molecule has 1 aromatic heterocycles. The molecule has 1 aromatic rings. The lowest BCUT2D eigenvalue weighted by molar-refractivity contribution is -0.136. The van der Waals surface area contributed by atoms with Crippen LogP contribution < -0.4 is 5.73 Å². The zero-order valence-corrected chi connectivity index (χ0v) is 8.84. The van der Waals surface area contributed by atoms with Gasteiger partial charge in [0.15, 0.2) is 0 Å². The molecule has 3 N–H and O–H groups in total. The van der Waals surface area contributed by atoms with Crippen molar-refractivity contribution in [2.24, 2.45) is 5.73 Å². The molecule has 0 aromatic carbocycles. The summed E-state index contributed by atoms with van der Waals surface area (Å²) in [6.45, 7) is -0.0479. The van der Waals surface area contributed by atoms with Gasteiger partial charge in [0.1, 0.15) is 5.69 Å². The van der Waals surface area contributed by atoms with E-state index in [0.29, 0.717) is 0 Å². The molecule has 0 atom stereocenters. The molecule has 0 aliphatic heterocycles. The second-order valence-electron chi connectivity index (χ2n) is 3.05. The van der Waals surface area contributed by atoms with Crippen molar-refractivity contribution in [3.63, 3.8) is 0 Å². The van der Waals surface area contributed by atoms with Crippen LogP contribution in [0.25, 0.3) is 0 Å². The highest BCUT2D eigenvalue weighted by atomic mass is 35.5. The van der Waals surface area contributed by atoms with Gasteiger partial charge < -0.3 is 10.8 Å². The van der Waals surface area contributed by atoms with E-state index < -0.39 is 24.5 Å². The predicted molar refractivity (Wildman–Crippen MR) is 53.4 cm³/mol. The Kier molecular flexibility index (Phi) is 4.14. The van der Waals surface area contributed by atoms with E-state index in [1.165, 1.54) is 6.07 Å². The normalized spacial score (nSPS) is 10.8. The average molecular weight is 251 g/mol. The molecule has 0 bridgehead atoms. The summed E-state index contributed by atoms with van der Waals surface area (Å²) in [7, 11) is 0. The average Bonchev–Trinajstić information content (AvgIpc) is 2.19. The van der Waals surface area contributed by atoms with Crippen LogP contribution in [-0.4, -0.2) is 16.1 Å². The third-order valence-corrected chi connectivity index (χ3v) is 2.31. The van der Waals surface area contributed by atoms with Crippen LogP contribution in [0, 0.1) is 0 Å². The van der Waals surface area contributed by atoms with Gasteiger partial charge in [0.25, 0.3) is 6.43 Å². The summed E-state index contributed by atoms with van der Waals surface area (Å²) in [6.07, 6.45) is -3.30. The second-order valence-corrected chi connectivity index (χ2v) is 3.43. The standard InChI is InChI=1S/C9H9ClF2N2O2/c10-7-4(3-13)1-5(2-6(15)16)14-8(7)9(11)12/h1,9H,2-3,13H2,(H,15,16). The molecule has 0 radical (unpaired) electrons. The molecule has 0 saturated heterocycles. The summed E-state index contributed by atoms with van der Waals surface area (Å²) < 4.78 is 25.1. The number of carbonyl (C=O) groups is 1. The molecular formula is C9H9ClF2N2O2. The number of hydrogen-bond donors (Lipinski definition) is 2. The van der Waals surface area contributed by atoms with Gasteiger partial charge in [0, 0.05) is 6.54 Å². The molecule has 0 aliphatic carbocycles. The number of carboxylic acids is 1. The van der Waals surface area contributed by atoms with Crippen molar-refractivity contribution >= 4 is 17.6 Å². The van der Waals surface area contributed by atoms with E-state index in [4.69, 9.17) is 22.4 Å². The summed E-state index contributed by atoms with van der Waals surface area (Å²) in [6, 6.07) is 1.32. The van der Waals surface area contributed by atoms with E-state index in [1.807, 2.05) is 0 Å². The molecule has 4 nitrogen and oxygen atoms in total. The number of pyridine rings is 1. The van der Waals surface area contributed by atoms with E-state index in [-0.39, 0.29) is 22.8 Å². The lowest BCUT2D eigenvalue weighted by Gasteiger charge is -2.09. The summed E-state index contributed by atoms with van der Waals surface area (Å²) in [5.74, 6) is -1.15. The Labute approximate surface area is 95.0 Å². The molecule has 0 aliphatic rings. The molecule has 1 heterocycles. The van der Waals surface area contributed by atoms with Crippen LogP contribution in [0.2, 0.25) is 5.02 Å². The van der Waals surface area contributed by atoms with E-state index in [9.17, 15) is 13.6 Å². The molecule has 0 spiro atoms. The summed E-state index contributed by atoms with van der Waals surface area (Å²) in [5.41, 5.74) is 4.98. The van der Waals surface area contributed by atoms with Crippen molar-refractivity contribution in [1.29, 1.82) is 0 Å². The quantitative estimate of drug-likeness (QED) is 0.854. The number of aromatic nitrogens is 1. The SMILES string of the molecule is NCc1cc(CC(=O)O)nc(C(F)F)c1Cl. The van der Waals surface area contributed by atoms with Crippen LogP contribution in [0.4, 0.5) is 8.78 Å². The molecular weight excluding hydrogens is 242 g/mol. The molecule has 88 valence electrons. The number of rotatable bonds is 4. The number of carboxylic acid groups (broad SMARTS) is 1. The number of nitrogens with two attached hydrogens (primary N) is 1. The zero-order chi connectivity index (χ0) is 12.3. The first-order chi connectivity index (χ1) is 7.45. The molecule has 0 unspecified atom stereocenters. The molecule has 1 rings (SSSR count). The Morgan fingerprint density at radius 3 is 2.69 bits per heavy atom. The van der Waals surface area contributed by atoms with E-state index in [0.717, 1.165) is 0 Å². The molecule has 0 fully saturated rings. The first kappa shape index (κ1) is 12.8. The highest BCUT2D eigenvalue weighted by Gasteiger charge is 2.18. The van der Waals surface area contributed by atoms with E-state index in [1.54, 1.807) is 0 Å². The summed E-state index contributed by atoms with van der Waals surface area (Å²) in [5, 5.41) is 8.34. The van der Waals surface area contributed by atoms with Crippen molar-refractivity contribution in [1.82, 2.24) is 4.98 Å². The van der Waals surface area contributed by atoms with Crippen LogP contribution in [0.1, 0.15) is 23.4 Å². The van der Waals surface area contributed by atoms with Gasteiger partial charge in [-0.2, -0.15) is 0 Å². The third-order valence-electron chi connectivity index (χ3n) is 1.87. The highest BCUT2D eigenvalue weighted by molar-refractivity contribution is 6.32. The minimum atomic E-state index is -2.86. The third kappa shape index (κ3) is 2.86. The first-order valence-electron chi connectivity index (χ1n) is 4.34. The summed E-state index contributed by atoms with van der Waals surface area (Å²) in [4.78, 5) is 13.9. The number of halogens is 3. The smallest absolute Gasteiger partial charge is 0.309 e. The van der Waals surface area contributed by atoms with E-state index in [2.05, 4.69) is 4.98 Å². The fourth-order valence-electron chi connectivity index (χ4n) is 1.20. The lowest BCUT2D eigenvalue weighted by Crippen LogP contribution is -2.09. The Morgan fingerprint density at radius 1 is 1.62 bits per heavy atom. The maximum absolute atomic E-state index is 12.5. The van der Waals surface area contributed by atoms with Gasteiger partial charge in [0.05, 0.1) is 17.1 Å². The van der Waals surface area contributed by atoms with Crippen molar-refractivity contribution in [2.45, 2.75) is 19.4 Å². The molecule has 7 heteroatoms. The van der Waals surface area contributed by atoms with Crippen LogP contribution in [0.5, 0.6) is 0 Å². The van der Waals surface area contributed by atoms with Gasteiger partial charge in [0.2, 0.25) is 0 Å². The van der Waals surface area contributed by atoms with Crippen LogP contribution in [-0.2, 0) is 17.8 Å². The van der Waals surface area contributed by atoms with Gasteiger partial charge in [-0.15, -0.1) is 0 Å². The summed E-state index contributed by atoms with van der Waals surface area (Å²) >= 11 is 5.64. The maximum atomic E-state index is 12.5. The fraction of sp³-hybridized carbons (Fsp3) is 0.333. The lowest BCUT2D eigenvalue weighted by atomic mass is 10.1. The Hall–Kier alpha value is -1.27. The molecule has 0 saturated carbocycles. The van der Waals surface area contributed by atoms with Crippen molar-refractivity contribution in [3.8, 4) is 0 Å². The number of nitrogens with zero attached hydrogens (tertiary/aromatic N) is 1. The van der Waals surface area contributed by atoms with Crippen LogP contribution in [0.15, 0.2) is 6.07 Å². The van der Waals surface area contributed by atoms with Crippen LogP contribution in [0.3, 0.4) is 0 Å². The topological polar surface area (TPSA) is 76.2 Å². The number of alkyl halides is 2. The Bertz CT molecular complexity index is 413. The van der Waals surface area contributed by atoms with Gasteiger partial charge in [-0.05, 0) is 11.6 Å². The molecule has 16 heavy (non-hydrogen) atoms. The van der Waals surface area contributed by atoms with Crippen molar-refractivity contribution in [2.75, 3.05) is 0 Å². The Morgan fingerprint density at radius 2 is 2.25 bits per heavy atom. The van der Waals surface area contributed by atoms with Gasteiger partial charge in [-0.3, -0.25) is 4.79 Å².